The number of thiazole rings is 1. The Morgan fingerprint density at radius 2 is 1.86 bits per heavy atom. The van der Waals surface area contributed by atoms with Gasteiger partial charge in [-0.2, -0.15) is 0 Å². The third-order valence-corrected chi connectivity index (χ3v) is 6.80. The van der Waals surface area contributed by atoms with Gasteiger partial charge in [0.15, 0.2) is 0 Å². The summed E-state index contributed by atoms with van der Waals surface area (Å²) in [5, 5.41) is 2.69. The summed E-state index contributed by atoms with van der Waals surface area (Å²) in [6.07, 6.45) is 0. The van der Waals surface area contributed by atoms with Gasteiger partial charge >= 0.3 is 5.97 Å². The Morgan fingerprint density at radius 3 is 2.54 bits per heavy atom. The van der Waals surface area contributed by atoms with E-state index in [-0.39, 0.29) is 17.1 Å². The number of hydrogen-bond acceptors (Lipinski definition) is 6. The molecule has 3 rings (SSSR count). The predicted molar refractivity (Wildman–Crippen MR) is 109 cm³/mol. The summed E-state index contributed by atoms with van der Waals surface area (Å²) in [4.78, 5) is 16.9. The maximum atomic E-state index is 12.3. The number of rotatable bonds is 6. The van der Waals surface area contributed by atoms with Crippen LogP contribution in [-0.2, 0) is 21.4 Å². The standard InChI is InChI=1S/C20H20N2O4S2/c1-14-7-9-15(10-8-14)19-21-17(13-27-19)12-26-20(23)16-5-4-6-18(11-16)28(24,25)22(2)3/h4-11,13H,12H2,1-3H3. The molecular formula is C20H20N2O4S2. The first kappa shape index (κ1) is 20.2. The second-order valence-corrected chi connectivity index (χ2v) is 9.41. The molecule has 0 saturated heterocycles. The van der Waals surface area contributed by atoms with Gasteiger partial charge in [0, 0.05) is 25.0 Å². The van der Waals surface area contributed by atoms with E-state index in [0.717, 1.165) is 14.9 Å². The Bertz CT molecular complexity index is 1090. The van der Waals surface area contributed by atoms with Crippen LogP contribution in [-0.4, -0.2) is 37.8 Å². The molecule has 0 radical (unpaired) electrons. The van der Waals surface area contributed by atoms with Crippen molar-refractivity contribution in [3.63, 3.8) is 0 Å². The van der Waals surface area contributed by atoms with Crippen LogP contribution in [0.2, 0.25) is 0 Å². The average molecular weight is 417 g/mol. The molecule has 0 N–H and O–H groups in total. The first-order valence-electron chi connectivity index (χ1n) is 8.48. The fraction of sp³-hybridized carbons (Fsp3) is 0.200. The number of ether oxygens (including phenoxy) is 1. The number of carbonyl (C=O) groups is 1. The van der Waals surface area contributed by atoms with Crippen LogP contribution in [0, 0.1) is 6.92 Å². The lowest BCUT2D eigenvalue weighted by atomic mass is 10.2. The van der Waals surface area contributed by atoms with Crippen molar-refractivity contribution in [2.45, 2.75) is 18.4 Å². The fourth-order valence-electron chi connectivity index (χ4n) is 2.42. The van der Waals surface area contributed by atoms with Crippen LogP contribution < -0.4 is 0 Å². The van der Waals surface area contributed by atoms with Crippen molar-refractivity contribution in [1.82, 2.24) is 9.29 Å². The van der Waals surface area contributed by atoms with Crippen LogP contribution in [0.15, 0.2) is 58.8 Å². The molecule has 8 heteroatoms. The number of carbonyl (C=O) groups excluding carboxylic acids is 1. The second-order valence-electron chi connectivity index (χ2n) is 6.40. The minimum Gasteiger partial charge on any atom is -0.456 e. The van der Waals surface area contributed by atoms with Crippen LogP contribution in [0.1, 0.15) is 21.6 Å². The van der Waals surface area contributed by atoms with E-state index in [9.17, 15) is 13.2 Å². The molecule has 1 aromatic heterocycles. The van der Waals surface area contributed by atoms with Crippen molar-refractivity contribution in [2.75, 3.05) is 14.1 Å². The molecule has 146 valence electrons. The van der Waals surface area contributed by atoms with Crippen LogP contribution in [0.5, 0.6) is 0 Å². The van der Waals surface area contributed by atoms with Gasteiger partial charge in [0.25, 0.3) is 0 Å². The maximum Gasteiger partial charge on any atom is 0.338 e. The Hall–Kier alpha value is -2.55. The topological polar surface area (TPSA) is 76.6 Å². The van der Waals surface area contributed by atoms with Gasteiger partial charge < -0.3 is 4.74 Å². The van der Waals surface area contributed by atoms with Crippen molar-refractivity contribution in [3.8, 4) is 10.6 Å². The van der Waals surface area contributed by atoms with Crippen LogP contribution in [0.3, 0.4) is 0 Å². The minimum atomic E-state index is -3.62. The molecular weight excluding hydrogens is 396 g/mol. The van der Waals surface area contributed by atoms with Gasteiger partial charge in [-0.1, -0.05) is 35.9 Å². The molecule has 0 unspecified atom stereocenters. The van der Waals surface area contributed by atoms with Crippen LogP contribution in [0.4, 0.5) is 0 Å². The number of aromatic nitrogens is 1. The lowest BCUT2D eigenvalue weighted by Crippen LogP contribution is -2.22. The number of aryl methyl sites for hydroxylation is 1. The number of esters is 1. The molecule has 0 aliphatic carbocycles. The van der Waals surface area contributed by atoms with E-state index in [2.05, 4.69) is 4.98 Å². The van der Waals surface area contributed by atoms with E-state index in [1.165, 1.54) is 55.3 Å². The third kappa shape index (κ3) is 4.46. The van der Waals surface area contributed by atoms with Crippen molar-refractivity contribution >= 4 is 27.3 Å². The summed E-state index contributed by atoms with van der Waals surface area (Å²) in [5.41, 5.74) is 3.01. The summed E-state index contributed by atoms with van der Waals surface area (Å²) < 4.78 is 30.8. The fourth-order valence-corrected chi connectivity index (χ4v) is 4.18. The van der Waals surface area contributed by atoms with Gasteiger partial charge in [-0.15, -0.1) is 11.3 Å². The van der Waals surface area contributed by atoms with Gasteiger partial charge in [0.05, 0.1) is 16.2 Å². The zero-order valence-corrected chi connectivity index (χ0v) is 17.4. The molecule has 2 aromatic carbocycles. The summed E-state index contributed by atoms with van der Waals surface area (Å²) in [6, 6.07) is 13.8. The second kappa shape index (κ2) is 8.22. The Morgan fingerprint density at radius 1 is 1.14 bits per heavy atom. The quantitative estimate of drug-likeness (QED) is 0.573. The van der Waals surface area contributed by atoms with E-state index in [1.807, 2.05) is 36.6 Å². The van der Waals surface area contributed by atoms with Crippen LogP contribution >= 0.6 is 11.3 Å². The van der Waals surface area contributed by atoms with E-state index in [1.54, 1.807) is 0 Å². The molecule has 0 aliphatic rings. The highest BCUT2D eigenvalue weighted by Gasteiger charge is 2.19. The first-order chi connectivity index (χ1) is 13.3. The molecule has 0 atom stereocenters. The van der Waals surface area contributed by atoms with Crippen molar-refractivity contribution < 1.29 is 17.9 Å². The van der Waals surface area contributed by atoms with Gasteiger partial charge in [-0.05, 0) is 25.1 Å². The molecule has 6 nitrogen and oxygen atoms in total. The lowest BCUT2D eigenvalue weighted by Gasteiger charge is -2.12. The Kier molecular flexibility index (Phi) is 5.93. The van der Waals surface area contributed by atoms with E-state index >= 15 is 0 Å². The van der Waals surface area contributed by atoms with E-state index < -0.39 is 16.0 Å². The number of hydrogen-bond donors (Lipinski definition) is 0. The number of sulfonamides is 1. The Labute approximate surface area is 168 Å². The predicted octanol–water partition coefficient (Wildman–Crippen LogP) is 3.73. The molecule has 0 aliphatic heterocycles. The smallest absolute Gasteiger partial charge is 0.338 e. The van der Waals surface area contributed by atoms with Crippen LogP contribution in [0.25, 0.3) is 10.6 Å². The highest BCUT2D eigenvalue weighted by atomic mass is 32.2. The minimum absolute atomic E-state index is 0.0197. The first-order valence-corrected chi connectivity index (χ1v) is 10.8. The summed E-state index contributed by atoms with van der Waals surface area (Å²) >= 11 is 1.48. The third-order valence-electron chi connectivity index (χ3n) is 4.05. The summed E-state index contributed by atoms with van der Waals surface area (Å²) in [5.74, 6) is -0.597. The van der Waals surface area contributed by atoms with Crippen molar-refractivity contribution in [3.05, 3.63) is 70.7 Å². The van der Waals surface area contributed by atoms with Crippen molar-refractivity contribution in [1.29, 1.82) is 0 Å². The number of benzene rings is 2. The SMILES string of the molecule is Cc1ccc(-c2nc(COC(=O)c3cccc(S(=O)(=O)N(C)C)c3)cs2)cc1. The average Bonchev–Trinajstić information content (AvgIpc) is 3.15. The largest absolute Gasteiger partial charge is 0.456 e. The highest BCUT2D eigenvalue weighted by Crippen LogP contribution is 2.24. The Balaban J connectivity index is 1.69. The van der Waals surface area contributed by atoms with Gasteiger partial charge in [0.2, 0.25) is 10.0 Å². The molecule has 0 saturated carbocycles. The molecule has 1 heterocycles. The molecule has 0 amide bonds. The van der Waals surface area contributed by atoms with Gasteiger partial charge in [-0.3, -0.25) is 0 Å². The van der Waals surface area contributed by atoms with E-state index in [0.29, 0.717) is 5.69 Å². The van der Waals surface area contributed by atoms with E-state index in [4.69, 9.17) is 4.74 Å². The van der Waals surface area contributed by atoms with Gasteiger partial charge in [-0.25, -0.2) is 22.5 Å². The summed E-state index contributed by atoms with van der Waals surface area (Å²) in [7, 11) is -0.738. The number of nitrogens with zero attached hydrogens (tertiary/aromatic N) is 2. The molecule has 0 bridgehead atoms. The zero-order chi connectivity index (χ0) is 20.3. The van der Waals surface area contributed by atoms with Crippen molar-refractivity contribution in [2.24, 2.45) is 0 Å². The summed E-state index contributed by atoms with van der Waals surface area (Å²) in [6.45, 7) is 2.04. The molecule has 3 aromatic rings. The van der Waals surface area contributed by atoms with Gasteiger partial charge in [0.1, 0.15) is 11.6 Å². The molecule has 0 spiro atoms. The lowest BCUT2D eigenvalue weighted by molar-refractivity contribution is 0.0468. The highest BCUT2D eigenvalue weighted by molar-refractivity contribution is 7.89. The molecule has 0 fully saturated rings. The zero-order valence-electron chi connectivity index (χ0n) is 15.7. The normalized spacial score (nSPS) is 11.6. The molecule has 28 heavy (non-hydrogen) atoms. The monoisotopic (exact) mass is 416 g/mol. The maximum absolute atomic E-state index is 12.3.